The summed E-state index contributed by atoms with van der Waals surface area (Å²) in [6, 6.07) is 6.23. The van der Waals surface area contributed by atoms with Gasteiger partial charge < -0.3 is 10.0 Å². The van der Waals surface area contributed by atoms with Crippen molar-refractivity contribution in [3.8, 4) is 0 Å². The van der Waals surface area contributed by atoms with Gasteiger partial charge in [0, 0.05) is 13.1 Å². The summed E-state index contributed by atoms with van der Waals surface area (Å²) in [6.07, 6.45) is 0. The molecule has 0 heterocycles. The molecule has 19 heavy (non-hydrogen) atoms. The third kappa shape index (κ3) is 4.91. The molecule has 5 nitrogen and oxygen atoms in total. The van der Waals surface area contributed by atoms with Crippen molar-refractivity contribution in [3.63, 3.8) is 0 Å². The number of aliphatic hydroxyl groups excluding tert-OH is 1. The number of sulfonamides is 1. The van der Waals surface area contributed by atoms with Crippen LogP contribution in [0.5, 0.6) is 0 Å². The lowest BCUT2D eigenvalue weighted by atomic mass is 10.2. The first-order valence-corrected chi connectivity index (χ1v) is 7.93. The van der Waals surface area contributed by atoms with Gasteiger partial charge in [0.1, 0.15) is 0 Å². The lowest BCUT2D eigenvalue weighted by Gasteiger charge is -2.18. The van der Waals surface area contributed by atoms with Crippen molar-refractivity contribution in [1.29, 1.82) is 0 Å². The maximum atomic E-state index is 12.0. The summed E-state index contributed by atoms with van der Waals surface area (Å²) in [5.41, 5.74) is 0.696. The van der Waals surface area contributed by atoms with E-state index in [9.17, 15) is 8.42 Å². The first-order chi connectivity index (χ1) is 9.03. The highest BCUT2D eigenvalue weighted by Crippen LogP contribution is 2.10. The predicted molar refractivity (Wildman–Crippen MR) is 75.3 cm³/mol. The molecule has 1 rings (SSSR count). The lowest BCUT2D eigenvalue weighted by Crippen LogP contribution is -2.34. The third-order valence-corrected chi connectivity index (χ3v) is 4.51. The average molecular weight is 286 g/mol. The van der Waals surface area contributed by atoms with Gasteiger partial charge in [-0.2, -0.15) is 0 Å². The molecule has 1 aromatic carbocycles. The van der Waals surface area contributed by atoms with Gasteiger partial charge in [0.15, 0.2) is 0 Å². The molecule has 0 unspecified atom stereocenters. The Morgan fingerprint density at radius 1 is 1.16 bits per heavy atom. The van der Waals surface area contributed by atoms with Gasteiger partial charge >= 0.3 is 0 Å². The van der Waals surface area contributed by atoms with Crippen LogP contribution in [0.3, 0.4) is 0 Å². The summed E-state index contributed by atoms with van der Waals surface area (Å²) in [7, 11) is -3.46. The lowest BCUT2D eigenvalue weighted by molar-refractivity contribution is 0.282. The predicted octanol–water partition coefficient (Wildman–Crippen LogP) is 0.799. The van der Waals surface area contributed by atoms with Gasteiger partial charge in [-0.3, -0.25) is 0 Å². The Bertz CT molecular complexity index is 467. The van der Waals surface area contributed by atoms with Crippen LogP contribution in [0.2, 0.25) is 0 Å². The highest BCUT2D eigenvalue weighted by atomic mass is 32.2. The zero-order valence-electron chi connectivity index (χ0n) is 11.5. The van der Waals surface area contributed by atoms with Gasteiger partial charge in [-0.15, -0.1) is 0 Å². The van der Waals surface area contributed by atoms with Crippen LogP contribution in [0.15, 0.2) is 29.2 Å². The van der Waals surface area contributed by atoms with Crippen molar-refractivity contribution in [3.05, 3.63) is 29.8 Å². The Balaban J connectivity index is 2.60. The Kier molecular flexibility index (Phi) is 6.44. The van der Waals surface area contributed by atoms with Crippen molar-refractivity contribution in [2.45, 2.75) is 25.3 Å². The maximum absolute atomic E-state index is 12.0. The molecular formula is C13H22N2O3S. The van der Waals surface area contributed by atoms with E-state index < -0.39 is 10.0 Å². The van der Waals surface area contributed by atoms with E-state index in [1.807, 2.05) is 13.8 Å². The largest absolute Gasteiger partial charge is 0.392 e. The summed E-state index contributed by atoms with van der Waals surface area (Å²) < 4.78 is 26.6. The van der Waals surface area contributed by atoms with Gasteiger partial charge in [0.25, 0.3) is 0 Å². The molecule has 0 saturated carbocycles. The summed E-state index contributed by atoms with van der Waals surface area (Å²) in [5.74, 6) is 0. The fraction of sp³-hybridized carbons (Fsp3) is 0.538. The van der Waals surface area contributed by atoms with E-state index in [4.69, 9.17) is 5.11 Å². The molecule has 0 spiro atoms. The summed E-state index contributed by atoms with van der Waals surface area (Å²) in [4.78, 5) is 2.38. The van der Waals surface area contributed by atoms with Crippen molar-refractivity contribution >= 4 is 10.0 Å². The molecule has 0 atom stereocenters. The number of rotatable bonds is 8. The molecule has 0 aromatic heterocycles. The number of hydrogen-bond donors (Lipinski definition) is 2. The van der Waals surface area contributed by atoms with Crippen LogP contribution in [-0.2, 0) is 16.6 Å². The van der Waals surface area contributed by atoms with Crippen molar-refractivity contribution in [2.24, 2.45) is 0 Å². The minimum Gasteiger partial charge on any atom is -0.392 e. The quantitative estimate of drug-likeness (QED) is 0.741. The standard InChI is InChI=1S/C13H22N2O3S/c1-3-15(4-2)10-9-14-19(17,18)13-7-5-12(11-16)6-8-13/h5-8,14,16H,3-4,9-11H2,1-2H3. The Morgan fingerprint density at radius 2 is 1.74 bits per heavy atom. The van der Waals surface area contributed by atoms with Gasteiger partial charge in [0.2, 0.25) is 10.0 Å². The highest BCUT2D eigenvalue weighted by Gasteiger charge is 2.13. The number of nitrogens with one attached hydrogen (secondary N) is 1. The second-order valence-corrected chi connectivity index (χ2v) is 5.99. The average Bonchev–Trinajstić information content (AvgIpc) is 2.43. The van der Waals surface area contributed by atoms with Crippen LogP contribution in [0.4, 0.5) is 0 Å². The van der Waals surface area contributed by atoms with E-state index in [2.05, 4.69) is 9.62 Å². The first-order valence-electron chi connectivity index (χ1n) is 6.45. The Morgan fingerprint density at radius 3 is 2.21 bits per heavy atom. The van der Waals surface area contributed by atoms with Crippen LogP contribution < -0.4 is 4.72 Å². The molecular weight excluding hydrogens is 264 g/mol. The van der Waals surface area contributed by atoms with Crippen LogP contribution in [0, 0.1) is 0 Å². The Labute approximate surface area is 115 Å². The van der Waals surface area contributed by atoms with Crippen LogP contribution >= 0.6 is 0 Å². The SMILES string of the molecule is CCN(CC)CCNS(=O)(=O)c1ccc(CO)cc1. The van der Waals surface area contributed by atoms with Gasteiger partial charge in [0.05, 0.1) is 11.5 Å². The zero-order valence-corrected chi connectivity index (χ0v) is 12.3. The van der Waals surface area contributed by atoms with E-state index >= 15 is 0 Å². The van der Waals surface area contributed by atoms with Gasteiger partial charge in [-0.05, 0) is 30.8 Å². The molecule has 0 saturated heterocycles. The fourth-order valence-corrected chi connectivity index (χ4v) is 2.76. The monoisotopic (exact) mass is 286 g/mol. The van der Waals surface area contributed by atoms with Crippen LogP contribution in [0.25, 0.3) is 0 Å². The van der Waals surface area contributed by atoms with E-state index in [1.165, 1.54) is 12.1 Å². The molecule has 0 aliphatic heterocycles. The van der Waals surface area contributed by atoms with Crippen molar-refractivity contribution in [2.75, 3.05) is 26.2 Å². The molecule has 0 bridgehead atoms. The van der Waals surface area contributed by atoms with E-state index in [1.54, 1.807) is 12.1 Å². The number of hydrogen-bond acceptors (Lipinski definition) is 4. The molecule has 0 radical (unpaired) electrons. The molecule has 6 heteroatoms. The molecule has 0 amide bonds. The number of likely N-dealkylation sites (N-methyl/N-ethyl adjacent to an activating group) is 1. The normalized spacial score (nSPS) is 12.0. The summed E-state index contributed by atoms with van der Waals surface area (Å²) in [5, 5.41) is 8.92. The Hall–Kier alpha value is -0.950. The van der Waals surface area contributed by atoms with E-state index in [0.29, 0.717) is 18.7 Å². The van der Waals surface area contributed by atoms with Gasteiger partial charge in [-0.1, -0.05) is 26.0 Å². The fourth-order valence-electron chi connectivity index (χ4n) is 1.74. The molecule has 0 aliphatic rings. The third-order valence-electron chi connectivity index (χ3n) is 3.03. The zero-order chi connectivity index (χ0) is 14.3. The molecule has 0 fully saturated rings. The first kappa shape index (κ1) is 16.1. The number of nitrogens with zero attached hydrogens (tertiary/aromatic N) is 1. The topological polar surface area (TPSA) is 69.6 Å². The summed E-state index contributed by atoms with van der Waals surface area (Å²) in [6.45, 7) is 6.91. The molecule has 1 aromatic rings. The number of benzene rings is 1. The number of aliphatic hydroxyl groups is 1. The minimum atomic E-state index is -3.46. The molecule has 2 N–H and O–H groups in total. The molecule has 108 valence electrons. The smallest absolute Gasteiger partial charge is 0.240 e. The van der Waals surface area contributed by atoms with Gasteiger partial charge in [-0.25, -0.2) is 13.1 Å². The van der Waals surface area contributed by atoms with Crippen LogP contribution in [-0.4, -0.2) is 44.6 Å². The maximum Gasteiger partial charge on any atom is 0.240 e. The van der Waals surface area contributed by atoms with E-state index in [0.717, 1.165) is 13.1 Å². The van der Waals surface area contributed by atoms with E-state index in [-0.39, 0.29) is 11.5 Å². The van der Waals surface area contributed by atoms with Crippen molar-refractivity contribution < 1.29 is 13.5 Å². The second-order valence-electron chi connectivity index (χ2n) is 4.23. The minimum absolute atomic E-state index is 0.0876. The summed E-state index contributed by atoms with van der Waals surface area (Å²) >= 11 is 0. The molecule has 0 aliphatic carbocycles. The van der Waals surface area contributed by atoms with Crippen molar-refractivity contribution in [1.82, 2.24) is 9.62 Å². The second kappa shape index (κ2) is 7.59. The highest BCUT2D eigenvalue weighted by molar-refractivity contribution is 7.89. The van der Waals surface area contributed by atoms with Crippen LogP contribution in [0.1, 0.15) is 19.4 Å².